The number of aryl methyl sites for hydroxylation is 1. The Kier molecular flexibility index (Phi) is 5.32. The van der Waals surface area contributed by atoms with Crippen LogP contribution in [0.15, 0.2) is 42.6 Å². The number of thiazole rings is 1. The Morgan fingerprint density at radius 2 is 1.85 bits per heavy atom. The van der Waals surface area contributed by atoms with E-state index in [1.54, 1.807) is 11.3 Å². The summed E-state index contributed by atoms with van der Waals surface area (Å²) in [7, 11) is 0. The van der Waals surface area contributed by atoms with Crippen LogP contribution in [0.2, 0.25) is 0 Å². The molecule has 4 heterocycles. The molecule has 0 spiro atoms. The first-order valence-corrected chi connectivity index (χ1v) is 12.9. The third kappa shape index (κ3) is 3.90. The van der Waals surface area contributed by atoms with Gasteiger partial charge in [-0.2, -0.15) is 5.26 Å². The fourth-order valence-electron chi connectivity index (χ4n) is 5.84. The molecular weight excluding hydrogens is 426 g/mol. The molecule has 6 heteroatoms. The van der Waals surface area contributed by atoms with Gasteiger partial charge < -0.3 is 14.8 Å². The molecule has 33 heavy (non-hydrogen) atoms. The number of rotatable bonds is 3. The number of H-pyrrole nitrogens is 1. The first kappa shape index (κ1) is 20.7. The molecule has 2 saturated heterocycles. The summed E-state index contributed by atoms with van der Waals surface area (Å²) < 4.78 is 1.29. The van der Waals surface area contributed by atoms with E-state index in [9.17, 15) is 5.26 Å². The Hall–Kier alpha value is -2.88. The van der Waals surface area contributed by atoms with Gasteiger partial charge in [0.25, 0.3) is 0 Å². The summed E-state index contributed by atoms with van der Waals surface area (Å²) in [6.45, 7) is 6.67. The minimum Gasteiger partial charge on any atom is -0.371 e. The van der Waals surface area contributed by atoms with Crippen molar-refractivity contribution in [3.8, 4) is 6.07 Å². The second kappa shape index (κ2) is 8.48. The highest BCUT2D eigenvalue weighted by Gasteiger charge is 2.29. The summed E-state index contributed by atoms with van der Waals surface area (Å²) in [4.78, 5) is 13.4. The molecule has 2 fully saturated rings. The summed E-state index contributed by atoms with van der Waals surface area (Å²) in [6, 6.07) is 15.7. The smallest absolute Gasteiger partial charge is 0.0991 e. The molecule has 1 N–H and O–H groups in total. The van der Waals surface area contributed by atoms with Gasteiger partial charge in [-0.25, -0.2) is 4.98 Å². The molecule has 168 valence electrons. The van der Waals surface area contributed by atoms with Crippen LogP contribution in [0.1, 0.15) is 47.7 Å². The Balaban J connectivity index is 1.08. The number of aromatic amines is 1. The lowest BCUT2D eigenvalue weighted by atomic mass is 9.87. The van der Waals surface area contributed by atoms with Crippen molar-refractivity contribution in [1.29, 1.82) is 5.26 Å². The summed E-state index contributed by atoms with van der Waals surface area (Å²) in [5, 5.41) is 11.7. The van der Waals surface area contributed by atoms with E-state index < -0.39 is 0 Å². The van der Waals surface area contributed by atoms with Gasteiger partial charge in [0.2, 0.25) is 0 Å². The molecule has 4 aromatic rings. The monoisotopic (exact) mass is 455 g/mol. The number of hydrogen-bond acceptors (Lipinski definition) is 5. The number of fused-ring (bicyclic) bond motifs is 2. The molecule has 0 amide bonds. The topological polar surface area (TPSA) is 59.0 Å². The highest BCUT2D eigenvalue weighted by molar-refractivity contribution is 7.18. The van der Waals surface area contributed by atoms with Crippen LogP contribution < -0.4 is 4.90 Å². The molecule has 0 unspecified atom stereocenters. The van der Waals surface area contributed by atoms with Gasteiger partial charge in [-0.05, 0) is 93.6 Å². The van der Waals surface area contributed by atoms with Gasteiger partial charge in [0.05, 0.1) is 26.9 Å². The second-order valence-corrected chi connectivity index (χ2v) is 10.8. The Bertz CT molecular complexity index is 1330. The van der Waals surface area contributed by atoms with Crippen LogP contribution in [0, 0.1) is 18.3 Å². The van der Waals surface area contributed by atoms with Crippen molar-refractivity contribution in [3.05, 3.63) is 58.7 Å². The lowest BCUT2D eigenvalue weighted by Gasteiger charge is -2.42. The summed E-state index contributed by atoms with van der Waals surface area (Å²) in [6.07, 6.45) is 7.04. The van der Waals surface area contributed by atoms with E-state index in [-0.39, 0.29) is 0 Å². The number of nitriles is 1. The average Bonchev–Trinajstić information content (AvgIpc) is 3.45. The predicted molar refractivity (Wildman–Crippen MR) is 136 cm³/mol. The Labute approximate surface area is 198 Å². The lowest BCUT2D eigenvalue weighted by Crippen LogP contribution is -2.47. The van der Waals surface area contributed by atoms with Crippen molar-refractivity contribution in [3.63, 3.8) is 0 Å². The maximum Gasteiger partial charge on any atom is 0.0991 e. The number of nitrogens with zero attached hydrogens (tertiary/aromatic N) is 4. The molecule has 0 saturated carbocycles. The number of aromatic nitrogens is 2. The number of piperidine rings is 2. The number of likely N-dealkylation sites (tertiary alicyclic amines) is 1. The maximum atomic E-state index is 9.28. The first-order valence-electron chi connectivity index (χ1n) is 12.1. The highest BCUT2D eigenvalue weighted by atomic mass is 32.1. The Morgan fingerprint density at radius 1 is 1.03 bits per heavy atom. The van der Waals surface area contributed by atoms with Crippen molar-refractivity contribution in [1.82, 2.24) is 14.9 Å². The molecule has 0 bridgehead atoms. The maximum absolute atomic E-state index is 9.28. The zero-order chi connectivity index (χ0) is 22.4. The van der Waals surface area contributed by atoms with Crippen LogP contribution in [0.5, 0.6) is 0 Å². The zero-order valence-corrected chi connectivity index (χ0v) is 19.9. The molecule has 0 atom stereocenters. The third-order valence-electron chi connectivity index (χ3n) is 7.64. The van der Waals surface area contributed by atoms with Crippen LogP contribution in [0.4, 0.5) is 5.69 Å². The van der Waals surface area contributed by atoms with Crippen molar-refractivity contribution in [2.75, 3.05) is 31.1 Å². The predicted octanol–water partition coefficient (Wildman–Crippen LogP) is 5.81. The fraction of sp³-hybridized carbons (Fsp3) is 0.407. The van der Waals surface area contributed by atoms with Gasteiger partial charge >= 0.3 is 0 Å². The molecule has 2 aliphatic heterocycles. The quantitative estimate of drug-likeness (QED) is 0.424. The number of benzene rings is 2. The molecule has 5 nitrogen and oxygen atoms in total. The van der Waals surface area contributed by atoms with Crippen LogP contribution in [0.3, 0.4) is 0 Å². The molecule has 2 aromatic carbocycles. The van der Waals surface area contributed by atoms with E-state index >= 15 is 0 Å². The minimum atomic E-state index is 0.581. The molecule has 2 aliphatic rings. The van der Waals surface area contributed by atoms with Gasteiger partial charge in [0.15, 0.2) is 0 Å². The van der Waals surface area contributed by atoms with E-state index in [0.717, 1.165) is 34.7 Å². The van der Waals surface area contributed by atoms with Crippen molar-refractivity contribution < 1.29 is 0 Å². The average molecular weight is 456 g/mol. The van der Waals surface area contributed by atoms with E-state index in [1.807, 2.05) is 18.2 Å². The van der Waals surface area contributed by atoms with Gasteiger partial charge in [-0.15, -0.1) is 11.3 Å². The van der Waals surface area contributed by atoms with E-state index in [4.69, 9.17) is 0 Å². The normalized spacial score (nSPS) is 18.8. The fourth-order valence-corrected chi connectivity index (χ4v) is 6.65. The van der Waals surface area contributed by atoms with Gasteiger partial charge in [0.1, 0.15) is 0 Å². The minimum absolute atomic E-state index is 0.581. The zero-order valence-electron chi connectivity index (χ0n) is 19.1. The lowest BCUT2D eigenvalue weighted by molar-refractivity contribution is 0.132. The number of hydrogen-bond donors (Lipinski definition) is 1. The molecule has 0 radical (unpaired) electrons. The van der Waals surface area contributed by atoms with E-state index in [0.29, 0.717) is 12.0 Å². The number of nitrogens with one attached hydrogen (secondary N) is 1. The van der Waals surface area contributed by atoms with Gasteiger partial charge in [-0.3, -0.25) is 0 Å². The van der Waals surface area contributed by atoms with Crippen LogP contribution in [-0.2, 0) is 0 Å². The first-order chi connectivity index (χ1) is 16.2. The Morgan fingerprint density at radius 3 is 2.64 bits per heavy atom. The SMILES string of the molecule is Cc1nc2cc(N3CCC(N4CCC(c5c[nH]c6ccc(C#N)cc56)CC4)CC3)ccc2s1. The van der Waals surface area contributed by atoms with Crippen molar-refractivity contribution >= 4 is 38.1 Å². The van der Waals surface area contributed by atoms with E-state index in [1.165, 1.54) is 60.1 Å². The highest BCUT2D eigenvalue weighted by Crippen LogP contribution is 2.35. The molecule has 0 aliphatic carbocycles. The van der Waals surface area contributed by atoms with Crippen LogP contribution >= 0.6 is 11.3 Å². The van der Waals surface area contributed by atoms with Crippen LogP contribution in [0.25, 0.3) is 21.1 Å². The van der Waals surface area contributed by atoms with Gasteiger partial charge in [-0.1, -0.05) is 0 Å². The van der Waals surface area contributed by atoms with Crippen LogP contribution in [-0.4, -0.2) is 47.1 Å². The summed E-state index contributed by atoms with van der Waals surface area (Å²) in [5.41, 5.74) is 5.74. The number of anilines is 1. The summed E-state index contributed by atoms with van der Waals surface area (Å²) in [5.74, 6) is 0.581. The molecule has 6 rings (SSSR count). The van der Waals surface area contributed by atoms with Gasteiger partial charge in [0, 0.05) is 41.9 Å². The van der Waals surface area contributed by atoms with Crippen molar-refractivity contribution in [2.24, 2.45) is 0 Å². The van der Waals surface area contributed by atoms with E-state index in [2.05, 4.69) is 57.2 Å². The summed E-state index contributed by atoms with van der Waals surface area (Å²) >= 11 is 1.78. The van der Waals surface area contributed by atoms with Crippen molar-refractivity contribution in [2.45, 2.75) is 44.6 Å². The standard InChI is InChI=1S/C27H29N5S/c1-18-30-26-15-22(3-5-27(26)33-18)32-12-8-21(9-13-32)31-10-6-20(7-11-31)24-17-29-25-4-2-19(16-28)14-23(24)25/h2-5,14-15,17,20-21,29H,6-13H2,1H3. The largest absolute Gasteiger partial charge is 0.371 e. The second-order valence-electron chi connectivity index (χ2n) is 9.53. The molecule has 2 aromatic heterocycles. The third-order valence-corrected chi connectivity index (χ3v) is 8.59. The molecular formula is C27H29N5S.